The van der Waals surface area contributed by atoms with E-state index in [1.165, 1.54) is 4.90 Å². The molecule has 1 saturated heterocycles. The number of amides is 3. The van der Waals surface area contributed by atoms with Gasteiger partial charge in [-0.2, -0.15) is 0 Å². The third-order valence-electron chi connectivity index (χ3n) is 6.73. The number of nitrogens with one attached hydrogen (secondary N) is 1. The zero-order valence-corrected chi connectivity index (χ0v) is 17.6. The number of hydrogen-bond acceptors (Lipinski definition) is 4. The van der Waals surface area contributed by atoms with E-state index in [9.17, 15) is 14.4 Å². The standard InChI is InChI=1S/C23H28N2O4/c1-11(2)16-10-17(12(3)8-18(16)29-5)24-21(26)13(4)25-22(27)19-14-6-7-15(9-14)20(19)23(25)28/h6-8,10-11,13-15,19-20H,9H2,1-5H3,(H,24,26)/t13-,14-,15-,19-,20-/m0/s1. The highest BCUT2D eigenvalue weighted by atomic mass is 16.5. The molecule has 3 aliphatic rings. The molecule has 1 aromatic rings. The predicted molar refractivity (Wildman–Crippen MR) is 109 cm³/mol. The second-order valence-electron chi connectivity index (χ2n) is 8.78. The number of carbonyl (C=O) groups excluding carboxylic acids is 3. The molecule has 0 spiro atoms. The average Bonchev–Trinajstić information content (AvgIpc) is 3.36. The van der Waals surface area contributed by atoms with Gasteiger partial charge in [0.2, 0.25) is 17.7 Å². The second-order valence-corrected chi connectivity index (χ2v) is 8.78. The van der Waals surface area contributed by atoms with Crippen molar-refractivity contribution in [3.05, 3.63) is 35.4 Å². The number of benzene rings is 1. The predicted octanol–water partition coefficient (Wildman–Crippen LogP) is 3.26. The van der Waals surface area contributed by atoms with Crippen LogP contribution in [0.3, 0.4) is 0 Å². The molecule has 2 bridgehead atoms. The lowest BCUT2D eigenvalue weighted by molar-refractivity contribution is -0.146. The van der Waals surface area contributed by atoms with E-state index in [0.29, 0.717) is 5.69 Å². The van der Waals surface area contributed by atoms with Gasteiger partial charge in [-0.1, -0.05) is 26.0 Å². The minimum absolute atomic E-state index is 0.138. The van der Waals surface area contributed by atoms with E-state index in [0.717, 1.165) is 23.3 Å². The van der Waals surface area contributed by atoms with Crippen LogP contribution in [-0.2, 0) is 14.4 Å². The smallest absolute Gasteiger partial charge is 0.247 e. The van der Waals surface area contributed by atoms with Crippen molar-refractivity contribution >= 4 is 23.4 Å². The Balaban J connectivity index is 1.55. The van der Waals surface area contributed by atoms with Gasteiger partial charge in [0.25, 0.3) is 0 Å². The largest absolute Gasteiger partial charge is 0.496 e. The van der Waals surface area contributed by atoms with Crippen molar-refractivity contribution < 1.29 is 19.1 Å². The summed E-state index contributed by atoms with van der Waals surface area (Å²) in [6.45, 7) is 7.64. The summed E-state index contributed by atoms with van der Waals surface area (Å²) in [5.41, 5.74) is 2.53. The molecule has 6 nitrogen and oxygen atoms in total. The first kappa shape index (κ1) is 19.7. The van der Waals surface area contributed by atoms with Gasteiger partial charge in [0, 0.05) is 5.69 Å². The lowest BCUT2D eigenvalue weighted by atomic mass is 9.85. The lowest BCUT2D eigenvalue weighted by Crippen LogP contribution is -2.46. The van der Waals surface area contributed by atoms with Gasteiger partial charge < -0.3 is 10.1 Å². The highest BCUT2D eigenvalue weighted by molar-refractivity contribution is 6.10. The Bertz CT molecular complexity index is 890. The first-order valence-corrected chi connectivity index (χ1v) is 10.3. The molecule has 154 valence electrons. The topological polar surface area (TPSA) is 75.7 Å². The van der Waals surface area contributed by atoms with Crippen molar-refractivity contribution in [3.8, 4) is 5.75 Å². The number of imide groups is 1. The number of rotatable bonds is 5. The van der Waals surface area contributed by atoms with E-state index < -0.39 is 6.04 Å². The van der Waals surface area contributed by atoms with Gasteiger partial charge >= 0.3 is 0 Å². The fraction of sp³-hybridized carbons (Fsp3) is 0.522. The highest BCUT2D eigenvalue weighted by Gasteiger charge is 2.60. The van der Waals surface area contributed by atoms with Crippen LogP contribution in [0.2, 0.25) is 0 Å². The summed E-state index contributed by atoms with van der Waals surface area (Å²) in [6, 6.07) is 2.97. The Morgan fingerprint density at radius 3 is 2.21 bits per heavy atom. The van der Waals surface area contributed by atoms with Crippen molar-refractivity contribution in [1.29, 1.82) is 0 Å². The zero-order valence-electron chi connectivity index (χ0n) is 17.6. The summed E-state index contributed by atoms with van der Waals surface area (Å²) in [6.07, 6.45) is 4.99. The quantitative estimate of drug-likeness (QED) is 0.612. The Kier molecular flexibility index (Phi) is 4.75. The molecule has 1 saturated carbocycles. The molecule has 1 aromatic carbocycles. The van der Waals surface area contributed by atoms with Gasteiger partial charge in [-0.3, -0.25) is 19.3 Å². The summed E-state index contributed by atoms with van der Waals surface area (Å²) in [5, 5.41) is 2.92. The third kappa shape index (κ3) is 2.96. The number of fused-ring (bicyclic) bond motifs is 5. The Labute approximate surface area is 171 Å². The van der Waals surface area contributed by atoms with E-state index >= 15 is 0 Å². The number of likely N-dealkylation sites (tertiary alicyclic amines) is 1. The van der Waals surface area contributed by atoms with Crippen LogP contribution in [0.25, 0.3) is 0 Å². The van der Waals surface area contributed by atoms with Crippen molar-refractivity contribution in [1.82, 2.24) is 4.90 Å². The summed E-state index contributed by atoms with van der Waals surface area (Å²) in [7, 11) is 1.63. The number of nitrogens with zero attached hydrogens (tertiary/aromatic N) is 1. The summed E-state index contributed by atoms with van der Waals surface area (Å²) in [4.78, 5) is 40.1. The Hall–Kier alpha value is -2.63. The van der Waals surface area contributed by atoms with Crippen LogP contribution in [0.15, 0.2) is 24.3 Å². The maximum atomic E-state index is 13.0. The van der Waals surface area contributed by atoms with Crippen molar-refractivity contribution in [2.24, 2.45) is 23.7 Å². The van der Waals surface area contributed by atoms with Crippen LogP contribution in [0.4, 0.5) is 5.69 Å². The number of aryl methyl sites for hydroxylation is 1. The first-order valence-electron chi connectivity index (χ1n) is 10.3. The van der Waals surface area contributed by atoms with Gasteiger partial charge in [-0.15, -0.1) is 0 Å². The van der Waals surface area contributed by atoms with E-state index in [1.807, 2.05) is 19.1 Å². The minimum atomic E-state index is -0.844. The third-order valence-corrected chi connectivity index (χ3v) is 6.73. The fourth-order valence-electron chi connectivity index (χ4n) is 5.12. The van der Waals surface area contributed by atoms with Gasteiger partial charge in [0.1, 0.15) is 11.8 Å². The average molecular weight is 396 g/mol. The zero-order chi connectivity index (χ0) is 21.0. The molecule has 29 heavy (non-hydrogen) atoms. The maximum absolute atomic E-state index is 13.0. The van der Waals surface area contributed by atoms with Crippen LogP contribution in [-0.4, -0.2) is 35.8 Å². The van der Waals surface area contributed by atoms with Gasteiger partial charge in [-0.25, -0.2) is 0 Å². The van der Waals surface area contributed by atoms with Crippen LogP contribution in [0.5, 0.6) is 5.75 Å². The number of ether oxygens (including phenoxy) is 1. The van der Waals surface area contributed by atoms with Crippen LogP contribution < -0.4 is 10.1 Å². The van der Waals surface area contributed by atoms with Crippen LogP contribution >= 0.6 is 0 Å². The summed E-state index contributed by atoms with van der Waals surface area (Å²) < 4.78 is 5.46. The molecule has 3 amide bonds. The molecule has 2 fully saturated rings. The first-order chi connectivity index (χ1) is 13.7. The van der Waals surface area contributed by atoms with Gasteiger partial charge in [0.05, 0.1) is 18.9 Å². The van der Waals surface area contributed by atoms with Crippen LogP contribution in [0, 0.1) is 30.6 Å². The van der Waals surface area contributed by atoms with Crippen molar-refractivity contribution in [2.45, 2.75) is 46.1 Å². The van der Waals surface area contributed by atoms with E-state index in [-0.39, 0.29) is 47.3 Å². The fourth-order valence-corrected chi connectivity index (χ4v) is 5.12. The molecule has 6 heteroatoms. The molecule has 5 atom stereocenters. The van der Waals surface area contributed by atoms with E-state index in [4.69, 9.17) is 4.74 Å². The van der Waals surface area contributed by atoms with Crippen LogP contribution in [0.1, 0.15) is 44.2 Å². The molecule has 1 aliphatic heterocycles. The monoisotopic (exact) mass is 396 g/mol. The number of anilines is 1. The summed E-state index contributed by atoms with van der Waals surface area (Å²) >= 11 is 0. The molecule has 0 aromatic heterocycles. The molecule has 0 unspecified atom stereocenters. The molecule has 1 N–H and O–H groups in total. The minimum Gasteiger partial charge on any atom is -0.496 e. The Morgan fingerprint density at radius 2 is 1.69 bits per heavy atom. The van der Waals surface area contributed by atoms with Gasteiger partial charge in [0.15, 0.2) is 0 Å². The van der Waals surface area contributed by atoms with Gasteiger partial charge in [-0.05, 0) is 61.3 Å². The number of methoxy groups -OCH3 is 1. The van der Waals surface area contributed by atoms with Crippen molar-refractivity contribution in [3.63, 3.8) is 0 Å². The summed E-state index contributed by atoms with van der Waals surface area (Å²) in [5.74, 6) is -0.0473. The molecule has 4 rings (SSSR count). The molecule has 2 aliphatic carbocycles. The number of allylic oxidation sites excluding steroid dienone is 2. The van der Waals surface area contributed by atoms with E-state index in [1.54, 1.807) is 14.0 Å². The number of carbonyl (C=O) groups is 3. The molecular weight excluding hydrogens is 368 g/mol. The molecule has 1 heterocycles. The second kappa shape index (κ2) is 7.01. The number of hydrogen-bond donors (Lipinski definition) is 1. The maximum Gasteiger partial charge on any atom is 0.247 e. The lowest BCUT2D eigenvalue weighted by Gasteiger charge is -2.24. The Morgan fingerprint density at radius 1 is 1.10 bits per heavy atom. The normalized spacial score (nSPS) is 28.3. The highest BCUT2D eigenvalue weighted by Crippen LogP contribution is 2.52. The van der Waals surface area contributed by atoms with Crippen molar-refractivity contribution in [2.75, 3.05) is 12.4 Å². The van der Waals surface area contributed by atoms with E-state index in [2.05, 4.69) is 31.3 Å². The SMILES string of the molecule is COc1cc(C)c(NC(=O)[C@H](C)N2C(=O)[C@@H]3[C@@H](C2=O)[C@H]2C=C[C@H]3C2)cc1C(C)C. The molecular formula is C23H28N2O4. The molecule has 0 radical (unpaired) electrons.